The zero-order valence-electron chi connectivity index (χ0n) is 16.1. The second-order valence-electron chi connectivity index (χ2n) is 7.11. The third-order valence-electron chi connectivity index (χ3n) is 5.11. The second-order valence-corrected chi connectivity index (χ2v) is 7.11. The number of aromatic nitrogens is 3. The first-order valence-electron chi connectivity index (χ1n) is 9.65. The maximum absolute atomic E-state index is 13.0. The van der Waals surface area contributed by atoms with Gasteiger partial charge in [-0.05, 0) is 18.2 Å². The molecule has 2 aliphatic rings. The Morgan fingerprint density at radius 2 is 2.17 bits per heavy atom. The summed E-state index contributed by atoms with van der Waals surface area (Å²) in [5.74, 6) is 0.311. The predicted octanol–water partition coefficient (Wildman–Crippen LogP) is 1.97. The van der Waals surface area contributed by atoms with Crippen molar-refractivity contribution in [3.05, 3.63) is 54.6 Å². The number of nitrogens with zero attached hydrogens (tertiary/aromatic N) is 4. The van der Waals surface area contributed by atoms with E-state index in [2.05, 4.69) is 25.2 Å². The van der Waals surface area contributed by atoms with E-state index in [1.54, 1.807) is 18.6 Å². The molecule has 3 N–H and O–H groups in total. The third-order valence-corrected chi connectivity index (χ3v) is 5.11. The van der Waals surface area contributed by atoms with Crippen molar-refractivity contribution in [1.29, 1.82) is 0 Å². The van der Waals surface area contributed by atoms with Crippen LogP contribution in [0.15, 0.2) is 48.9 Å². The lowest BCUT2D eigenvalue weighted by molar-refractivity contribution is 0.0103. The minimum Gasteiger partial charge on any atom is -0.491 e. The number of nitrogen functional groups attached to an aromatic ring is 1. The number of nitrogens with two attached hydrogens (primary N) is 1. The maximum atomic E-state index is 13.0. The van der Waals surface area contributed by atoms with Gasteiger partial charge in [0.25, 0.3) is 5.91 Å². The van der Waals surface area contributed by atoms with E-state index < -0.39 is 5.91 Å². The minimum absolute atomic E-state index is 0.0587. The fourth-order valence-corrected chi connectivity index (χ4v) is 3.62. The van der Waals surface area contributed by atoms with Gasteiger partial charge >= 0.3 is 0 Å². The molecule has 2 aromatic heterocycles. The number of ether oxygens (including phenoxy) is 2. The van der Waals surface area contributed by atoms with Crippen LogP contribution in [0.3, 0.4) is 0 Å². The second kappa shape index (κ2) is 7.60. The van der Waals surface area contributed by atoms with Crippen molar-refractivity contribution in [1.82, 2.24) is 15.0 Å². The molecule has 152 valence electrons. The summed E-state index contributed by atoms with van der Waals surface area (Å²) in [6.45, 7) is 2.28. The average molecular weight is 404 g/mol. The van der Waals surface area contributed by atoms with E-state index >= 15 is 0 Å². The van der Waals surface area contributed by atoms with Gasteiger partial charge in [0.1, 0.15) is 18.5 Å². The average Bonchev–Trinajstić information content (AvgIpc) is 2.78. The molecule has 0 saturated carbocycles. The number of nitrogens with one attached hydrogen (secondary N) is 1. The molecule has 1 fully saturated rings. The van der Waals surface area contributed by atoms with Crippen LogP contribution in [0.1, 0.15) is 10.5 Å². The molecule has 5 rings (SSSR count). The standard InChI is InChI=1S/C21H20N6O3/c22-20-19-21(28)26-17-9-23-5-4-18(17)27-6-7-29-15(11-27)12-30-14-3-1-2-13(8-14)16(25-19)10-24-20/h1-5,8-10,15H,6-7,11-12H2,(H2,22,24)(H,26,28). The van der Waals surface area contributed by atoms with Crippen LogP contribution in [0.25, 0.3) is 11.3 Å². The fraction of sp³-hybridized carbons (Fsp3) is 0.238. The van der Waals surface area contributed by atoms with E-state index in [1.807, 2.05) is 30.3 Å². The van der Waals surface area contributed by atoms with Crippen LogP contribution in [0.4, 0.5) is 17.2 Å². The van der Waals surface area contributed by atoms with Crippen molar-refractivity contribution < 1.29 is 14.3 Å². The van der Waals surface area contributed by atoms with Crippen LogP contribution in [0.2, 0.25) is 0 Å². The normalized spacial score (nSPS) is 18.3. The van der Waals surface area contributed by atoms with E-state index in [4.69, 9.17) is 15.2 Å². The van der Waals surface area contributed by atoms with Crippen LogP contribution in [0, 0.1) is 0 Å². The number of amides is 1. The van der Waals surface area contributed by atoms with E-state index in [0.29, 0.717) is 43.4 Å². The molecule has 0 radical (unpaired) electrons. The van der Waals surface area contributed by atoms with E-state index in [9.17, 15) is 4.79 Å². The molecule has 1 aromatic carbocycles. The molecule has 9 nitrogen and oxygen atoms in total. The molecular formula is C21H20N6O3. The lowest BCUT2D eigenvalue weighted by Gasteiger charge is -2.35. The van der Waals surface area contributed by atoms with Crippen LogP contribution in [-0.2, 0) is 4.74 Å². The Hall–Kier alpha value is -3.72. The molecule has 30 heavy (non-hydrogen) atoms. The number of rotatable bonds is 0. The van der Waals surface area contributed by atoms with Gasteiger partial charge in [-0.15, -0.1) is 0 Å². The number of carbonyl (C=O) groups excluding carboxylic acids is 1. The molecule has 0 aliphatic carbocycles. The van der Waals surface area contributed by atoms with Crippen molar-refractivity contribution in [2.45, 2.75) is 6.10 Å². The Morgan fingerprint density at radius 3 is 3.10 bits per heavy atom. The van der Waals surface area contributed by atoms with Gasteiger partial charge in [-0.25, -0.2) is 9.97 Å². The van der Waals surface area contributed by atoms with Crippen molar-refractivity contribution in [3.63, 3.8) is 0 Å². The largest absolute Gasteiger partial charge is 0.491 e. The van der Waals surface area contributed by atoms with E-state index in [1.165, 1.54) is 0 Å². The van der Waals surface area contributed by atoms with Crippen molar-refractivity contribution in [2.24, 2.45) is 0 Å². The third kappa shape index (κ3) is 3.50. The molecule has 4 heterocycles. The van der Waals surface area contributed by atoms with Gasteiger partial charge in [0.2, 0.25) is 0 Å². The number of pyridine rings is 1. The molecule has 2 aliphatic heterocycles. The molecule has 1 atom stereocenters. The summed E-state index contributed by atoms with van der Waals surface area (Å²) in [4.78, 5) is 28.0. The van der Waals surface area contributed by atoms with Crippen LogP contribution in [0.5, 0.6) is 5.75 Å². The summed E-state index contributed by atoms with van der Waals surface area (Å²) in [5.41, 5.74) is 8.75. The number of benzene rings is 1. The molecule has 0 spiro atoms. The van der Waals surface area contributed by atoms with Crippen molar-refractivity contribution in [2.75, 3.05) is 42.3 Å². The van der Waals surface area contributed by atoms with Crippen LogP contribution in [-0.4, -0.2) is 53.3 Å². The molecule has 6 bridgehead atoms. The zero-order valence-corrected chi connectivity index (χ0v) is 16.1. The van der Waals surface area contributed by atoms with Crippen LogP contribution >= 0.6 is 0 Å². The molecule has 1 unspecified atom stereocenters. The Balaban J connectivity index is 1.61. The van der Waals surface area contributed by atoms with Gasteiger partial charge in [-0.3, -0.25) is 9.78 Å². The summed E-state index contributed by atoms with van der Waals surface area (Å²) in [5, 5.41) is 2.89. The highest BCUT2D eigenvalue weighted by molar-refractivity contribution is 6.07. The van der Waals surface area contributed by atoms with Gasteiger partial charge < -0.3 is 25.4 Å². The summed E-state index contributed by atoms with van der Waals surface area (Å²) in [6.07, 6.45) is 4.74. The summed E-state index contributed by atoms with van der Waals surface area (Å²) in [7, 11) is 0. The van der Waals surface area contributed by atoms with E-state index in [-0.39, 0.29) is 17.6 Å². The zero-order chi connectivity index (χ0) is 20.5. The highest BCUT2D eigenvalue weighted by Gasteiger charge is 2.25. The first kappa shape index (κ1) is 18.3. The summed E-state index contributed by atoms with van der Waals surface area (Å²) >= 11 is 0. The fourth-order valence-electron chi connectivity index (χ4n) is 3.62. The summed E-state index contributed by atoms with van der Waals surface area (Å²) < 4.78 is 11.9. The molecule has 9 heteroatoms. The first-order chi connectivity index (χ1) is 14.7. The van der Waals surface area contributed by atoms with Gasteiger partial charge in [0.15, 0.2) is 11.5 Å². The Labute approximate surface area is 172 Å². The van der Waals surface area contributed by atoms with E-state index in [0.717, 1.165) is 11.3 Å². The Morgan fingerprint density at radius 1 is 1.23 bits per heavy atom. The molecular weight excluding hydrogens is 384 g/mol. The lowest BCUT2D eigenvalue weighted by atomic mass is 10.1. The Bertz CT molecular complexity index is 1110. The number of carbonyl (C=O) groups is 1. The maximum Gasteiger partial charge on any atom is 0.278 e. The lowest BCUT2D eigenvalue weighted by Crippen LogP contribution is -2.45. The van der Waals surface area contributed by atoms with Gasteiger partial charge in [-0.1, -0.05) is 12.1 Å². The summed E-state index contributed by atoms with van der Waals surface area (Å²) in [6, 6.07) is 9.36. The quantitative estimate of drug-likeness (QED) is 0.584. The predicted molar refractivity (Wildman–Crippen MR) is 112 cm³/mol. The number of fused-ring (bicyclic) bond motifs is 9. The SMILES string of the molecule is Nc1ncc2nc1C(=O)Nc1cnccc1N1CCOC(COc3cccc-2c3)C1. The van der Waals surface area contributed by atoms with Crippen LogP contribution < -0.4 is 20.7 Å². The highest BCUT2D eigenvalue weighted by Crippen LogP contribution is 2.29. The van der Waals surface area contributed by atoms with Gasteiger partial charge in [0, 0.05) is 24.8 Å². The molecule has 3 aromatic rings. The number of hydrogen-bond donors (Lipinski definition) is 2. The first-order valence-corrected chi connectivity index (χ1v) is 9.65. The van der Waals surface area contributed by atoms with Crippen molar-refractivity contribution in [3.8, 4) is 17.0 Å². The number of anilines is 3. The topological polar surface area (TPSA) is 115 Å². The number of hydrogen-bond acceptors (Lipinski definition) is 8. The molecule has 1 amide bonds. The van der Waals surface area contributed by atoms with Crippen molar-refractivity contribution >= 4 is 23.1 Å². The van der Waals surface area contributed by atoms with Gasteiger partial charge in [0.05, 0.1) is 36.1 Å². The minimum atomic E-state index is -0.441. The van der Waals surface area contributed by atoms with Gasteiger partial charge in [-0.2, -0.15) is 0 Å². The Kier molecular flexibility index (Phi) is 4.64. The number of morpholine rings is 1. The molecule has 1 saturated heterocycles. The monoisotopic (exact) mass is 404 g/mol. The highest BCUT2D eigenvalue weighted by atomic mass is 16.5. The smallest absolute Gasteiger partial charge is 0.278 e.